The van der Waals surface area contributed by atoms with E-state index in [1.165, 1.54) is 5.56 Å². The molecule has 0 aromatic carbocycles. The van der Waals surface area contributed by atoms with Crippen molar-refractivity contribution in [2.24, 2.45) is 0 Å². The second kappa shape index (κ2) is 5.45. The minimum atomic E-state index is -0.127. The van der Waals surface area contributed by atoms with Gasteiger partial charge in [-0.05, 0) is 24.1 Å². The average molecular weight is 271 g/mol. The molecule has 0 unspecified atom stereocenters. The fourth-order valence-electron chi connectivity index (χ4n) is 1.78. The normalized spacial score (nSPS) is 11.4. The Balaban J connectivity index is 2.18. The van der Waals surface area contributed by atoms with Crippen molar-refractivity contribution in [1.82, 2.24) is 15.0 Å². The number of nitrogens with two attached hydrogens (primary N) is 1. The van der Waals surface area contributed by atoms with Crippen LogP contribution in [-0.2, 0) is 12.0 Å². The van der Waals surface area contributed by atoms with E-state index in [0.29, 0.717) is 12.4 Å². The van der Waals surface area contributed by atoms with Crippen molar-refractivity contribution in [3.63, 3.8) is 0 Å². The Morgan fingerprint density at radius 3 is 2.65 bits per heavy atom. The minimum Gasteiger partial charge on any atom is -0.384 e. The van der Waals surface area contributed by atoms with Crippen LogP contribution in [0.2, 0.25) is 0 Å². The summed E-state index contributed by atoms with van der Waals surface area (Å²) in [6.07, 6.45) is 3.64. The van der Waals surface area contributed by atoms with Crippen LogP contribution in [0.3, 0.4) is 0 Å². The molecular formula is C15H21N5. The van der Waals surface area contributed by atoms with Gasteiger partial charge in [-0.25, -0.2) is 9.97 Å². The molecule has 0 bridgehead atoms. The minimum absolute atomic E-state index is 0.127. The van der Waals surface area contributed by atoms with Crippen LogP contribution in [0.25, 0.3) is 0 Å². The maximum Gasteiger partial charge on any atom is 0.138 e. The van der Waals surface area contributed by atoms with Gasteiger partial charge in [-0.15, -0.1) is 0 Å². The molecule has 0 fully saturated rings. The molecule has 0 aliphatic rings. The summed E-state index contributed by atoms with van der Waals surface area (Å²) < 4.78 is 0. The summed E-state index contributed by atoms with van der Waals surface area (Å²) >= 11 is 0. The van der Waals surface area contributed by atoms with Crippen molar-refractivity contribution in [2.75, 3.05) is 11.1 Å². The molecule has 3 N–H and O–H groups in total. The molecule has 5 nitrogen and oxygen atoms in total. The lowest BCUT2D eigenvalue weighted by atomic mass is 9.96. The summed E-state index contributed by atoms with van der Waals surface area (Å²) in [7, 11) is 0. The van der Waals surface area contributed by atoms with Crippen LogP contribution in [0.5, 0.6) is 0 Å². The molecule has 2 rings (SSSR count). The molecule has 2 aromatic rings. The van der Waals surface area contributed by atoms with Crippen LogP contribution < -0.4 is 11.1 Å². The Kier molecular flexibility index (Phi) is 3.88. The lowest BCUT2D eigenvalue weighted by Crippen LogP contribution is -2.18. The first-order chi connectivity index (χ1) is 9.36. The fourth-order valence-corrected chi connectivity index (χ4v) is 1.78. The number of anilines is 2. The maximum atomic E-state index is 5.85. The third-order valence-corrected chi connectivity index (χ3v) is 3.01. The van der Waals surface area contributed by atoms with Gasteiger partial charge in [-0.3, -0.25) is 4.98 Å². The van der Waals surface area contributed by atoms with Gasteiger partial charge in [0, 0.05) is 30.4 Å². The summed E-state index contributed by atoms with van der Waals surface area (Å²) in [4.78, 5) is 12.9. The van der Waals surface area contributed by atoms with E-state index in [1.54, 1.807) is 12.3 Å². The van der Waals surface area contributed by atoms with E-state index in [1.807, 2.05) is 19.2 Å². The van der Waals surface area contributed by atoms with Gasteiger partial charge >= 0.3 is 0 Å². The first kappa shape index (κ1) is 14.2. The predicted molar refractivity (Wildman–Crippen MR) is 81.4 cm³/mol. The lowest BCUT2D eigenvalue weighted by molar-refractivity contribution is 0.547. The molecule has 0 amide bonds. The summed E-state index contributed by atoms with van der Waals surface area (Å²) in [5.41, 5.74) is 8.07. The fraction of sp³-hybridized carbons (Fsp3) is 0.400. The molecule has 106 valence electrons. The Morgan fingerprint density at radius 1 is 1.25 bits per heavy atom. The lowest BCUT2D eigenvalue weighted by Gasteiger charge is -2.18. The predicted octanol–water partition coefficient (Wildman–Crippen LogP) is 2.67. The van der Waals surface area contributed by atoms with E-state index < -0.39 is 0 Å². The Bertz CT molecular complexity index is 601. The number of hydrogen-bond acceptors (Lipinski definition) is 5. The third kappa shape index (κ3) is 3.44. The first-order valence-corrected chi connectivity index (χ1v) is 6.64. The number of rotatable bonds is 3. The largest absolute Gasteiger partial charge is 0.384 e. The molecule has 2 aromatic heterocycles. The van der Waals surface area contributed by atoms with Crippen LogP contribution in [0, 0.1) is 6.92 Å². The van der Waals surface area contributed by atoms with E-state index >= 15 is 0 Å². The highest BCUT2D eigenvalue weighted by Crippen LogP contribution is 2.21. The van der Waals surface area contributed by atoms with Crippen LogP contribution in [0.1, 0.15) is 37.7 Å². The van der Waals surface area contributed by atoms with Crippen molar-refractivity contribution >= 4 is 11.6 Å². The zero-order valence-electron chi connectivity index (χ0n) is 12.4. The van der Waals surface area contributed by atoms with Gasteiger partial charge in [0.1, 0.15) is 17.5 Å². The van der Waals surface area contributed by atoms with E-state index in [0.717, 1.165) is 17.2 Å². The number of hydrogen-bond donors (Lipinski definition) is 2. The van der Waals surface area contributed by atoms with E-state index in [9.17, 15) is 0 Å². The van der Waals surface area contributed by atoms with Gasteiger partial charge in [0.15, 0.2) is 0 Å². The molecule has 0 radical (unpaired) electrons. The zero-order chi connectivity index (χ0) is 14.8. The summed E-state index contributed by atoms with van der Waals surface area (Å²) in [5, 5.41) is 3.30. The number of aromatic nitrogens is 3. The Hall–Kier alpha value is -2.17. The van der Waals surface area contributed by atoms with Crippen LogP contribution in [-0.4, -0.2) is 15.0 Å². The van der Waals surface area contributed by atoms with E-state index in [-0.39, 0.29) is 5.41 Å². The smallest absolute Gasteiger partial charge is 0.138 e. The SMILES string of the molecule is Cc1cnccc1CNc1cc(N)nc(C(C)(C)C)n1. The molecule has 5 heteroatoms. The van der Waals surface area contributed by atoms with E-state index in [2.05, 4.69) is 41.0 Å². The van der Waals surface area contributed by atoms with Gasteiger partial charge < -0.3 is 11.1 Å². The van der Waals surface area contributed by atoms with Gasteiger partial charge in [0.25, 0.3) is 0 Å². The molecule has 0 aliphatic heterocycles. The molecule has 0 atom stereocenters. The molecule has 20 heavy (non-hydrogen) atoms. The van der Waals surface area contributed by atoms with Gasteiger partial charge in [-0.1, -0.05) is 20.8 Å². The van der Waals surface area contributed by atoms with Crippen LogP contribution >= 0.6 is 0 Å². The second-order valence-electron chi connectivity index (χ2n) is 5.91. The second-order valence-corrected chi connectivity index (χ2v) is 5.91. The standard InChI is InChI=1S/C15H21N5/c1-10-8-17-6-5-11(10)9-18-13-7-12(16)19-14(20-13)15(2,3)4/h5-8H,9H2,1-4H3,(H3,16,18,19,20). The van der Waals surface area contributed by atoms with Crippen molar-refractivity contribution < 1.29 is 0 Å². The number of aryl methyl sites for hydroxylation is 1. The highest BCUT2D eigenvalue weighted by molar-refractivity contribution is 5.46. The molecule has 0 spiro atoms. The molecule has 0 aliphatic carbocycles. The van der Waals surface area contributed by atoms with Gasteiger partial charge in [-0.2, -0.15) is 0 Å². The number of nitrogens with zero attached hydrogens (tertiary/aromatic N) is 3. The number of pyridine rings is 1. The molecule has 0 saturated carbocycles. The molecular weight excluding hydrogens is 250 g/mol. The Labute approximate surface area is 119 Å². The highest BCUT2D eigenvalue weighted by Gasteiger charge is 2.18. The topological polar surface area (TPSA) is 76.7 Å². The van der Waals surface area contributed by atoms with E-state index in [4.69, 9.17) is 5.73 Å². The van der Waals surface area contributed by atoms with Crippen LogP contribution in [0.15, 0.2) is 24.5 Å². The number of nitrogen functional groups attached to an aromatic ring is 1. The highest BCUT2D eigenvalue weighted by atomic mass is 15.1. The molecule has 0 saturated heterocycles. The summed E-state index contributed by atoms with van der Waals surface area (Å²) in [5.74, 6) is 1.98. The van der Waals surface area contributed by atoms with Crippen molar-refractivity contribution in [3.8, 4) is 0 Å². The average Bonchev–Trinajstić information content (AvgIpc) is 2.36. The first-order valence-electron chi connectivity index (χ1n) is 6.64. The van der Waals surface area contributed by atoms with Crippen molar-refractivity contribution in [1.29, 1.82) is 0 Å². The quantitative estimate of drug-likeness (QED) is 0.897. The molecule has 2 heterocycles. The zero-order valence-corrected chi connectivity index (χ0v) is 12.4. The van der Waals surface area contributed by atoms with Gasteiger partial charge in [0.05, 0.1) is 0 Å². The number of nitrogens with one attached hydrogen (secondary N) is 1. The summed E-state index contributed by atoms with van der Waals surface area (Å²) in [6.45, 7) is 8.93. The summed E-state index contributed by atoms with van der Waals surface area (Å²) in [6, 6.07) is 3.75. The Morgan fingerprint density at radius 2 is 2.00 bits per heavy atom. The monoisotopic (exact) mass is 271 g/mol. The van der Waals surface area contributed by atoms with Crippen molar-refractivity contribution in [3.05, 3.63) is 41.5 Å². The van der Waals surface area contributed by atoms with Gasteiger partial charge in [0.2, 0.25) is 0 Å². The maximum absolute atomic E-state index is 5.85. The van der Waals surface area contributed by atoms with Crippen molar-refractivity contribution in [2.45, 2.75) is 39.7 Å². The third-order valence-electron chi connectivity index (χ3n) is 3.01. The van der Waals surface area contributed by atoms with Crippen LogP contribution in [0.4, 0.5) is 11.6 Å².